The normalized spacial score (nSPS) is 29.3. The van der Waals surface area contributed by atoms with Gasteiger partial charge < -0.3 is 9.73 Å². The van der Waals surface area contributed by atoms with Crippen molar-refractivity contribution in [3.8, 4) is 0 Å². The first-order chi connectivity index (χ1) is 10.3. The molecule has 2 aliphatic rings. The van der Waals surface area contributed by atoms with Crippen molar-refractivity contribution in [1.82, 2.24) is 5.32 Å². The van der Waals surface area contributed by atoms with Gasteiger partial charge in [0, 0.05) is 5.39 Å². The van der Waals surface area contributed by atoms with E-state index < -0.39 is 0 Å². The minimum atomic E-state index is 0.410. The van der Waals surface area contributed by atoms with Crippen LogP contribution in [0.3, 0.4) is 0 Å². The lowest BCUT2D eigenvalue weighted by Gasteiger charge is -2.30. The van der Waals surface area contributed by atoms with Gasteiger partial charge in [-0.1, -0.05) is 31.5 Å². The van der Waals surface area contributed by atoms with Crippen molar-refractivity contribution in [2.24, 2.45) is 17.8 Å². The minimum absolute atomic E-state index is 0.410. The summed E-state index contributed by atoms with van der Waals surface area (Å²) in [6, 6.07) is 11.0. The average molecular weight is 283 g/mol. The molecule has 2 fully saturated rings. The molecule has 0 radical (unpaired) electrons. The van der Waals surface area contributed by atoms with E-state index in [-0.39, 0.29) is 0 Å². The second-order valence-electron chi connectivity index (χ2n) is 6.96. The molecule has 112 valence electrons. The molecular formula is C19H25NO. The van der Waals surface area contributed by atoms with E-state index in [9.17, 15) is 0 Å². The van der Waals surface area contributed by atoms with Crippen LogP contribution >= 0.6 is 0 Å². The molecule has 2 aromatic rings. The Balaban J connectivity index is 1.65. The van der Waals surface area contributed by atoms with Gasteiger partial charge in [-0.3, -0.25) is 0 Å². The van der Waals surface area contributed by atoms with E-state index in [1.165, 1.54) is 37.5 Å². The van der Waals surface area contributed by atoms with Crippen LogP contribution in [0.2, 0.25) is 0 Å². The number of fused-ring (bicyclic) bond motifs is 3. The van der Waals surface area contributed by atoms with Crippen molar-refractivity contribution in [3.05, 3.63) is 36.1 Å². The first kappa shape index (κ1) is 13.4. The van der Waals surface area contributed by atoms with Crippen molar-refractivity contribution in [2.45, 2.75) is 45.1 Å². The van der Waals surface area contributed by atoms with E-state index in [2.05, 4.69) is 42.6 Å². The highest BCUT2D eigenvalue weighted by molar-refractivity contribution is 5.77. The third-order valence-electron chi connectivity index (χ3n) is 5.59. The van der Waals surface area contributed by atoms with Gasteiger partial charge in [0.1, 0.15) is 11.3 Å². The molecule has 1 aromatic carbocycles. The first-order valence-corrected chi connectivity index (χ1v) is 8.57. The van der Waals surface area contributed by atoms with E-state index in [1.54, 1.807) is 0 Å². The summed E-state index contributed by atoms with van der Waals surface area (Å²) in [5.74, 6) is 3.82. The maximum absolute atomic E-state index is 6.18. The molecule has 2 aliphatic carbocycles. The Labute approximate surface area is 126 Å². The Morgan fingerprint density at radius 2 is 2.14 bits per heavy atom. The molecule has 2 bridgehead atoms. The molecule has 1 aromatic heterocycles. The summed E-state index contributed by atoms with van der Waals surface area (Å²) in [4.78, 5) is 0. The Kier molecular flexibility index (Phi) is 3.50. The topological polar surface area (TPSA) is 25.2 Å². The molecule has 2 nitrogen and oxygen atoms in total. The van der Waals surface area contributed by atoms with Crippen LogP contribution in [-0.4, -0.2) is 6.54 Å². The molecule has 4 unspecified atom stereocenters. The molecule has 0 saturated heterocycles. The van der Waals surface area contributed by atoms with E-state index in [1.807, 2.05) is 0 Å². The second kappa shape index (κ2) is 5.49. The standard InChI is InChI=1S/C19H25NO/c1-2-9-20-19(16-11-13-7-8-14(16)10-13)18-12-15-5-3-4-6-17(15)21-18/h3-6,12-14,16,19-20H,2,7-11H2,1H3. The van der Waals surface area contributed by atoms with Gasteiger partial charge in [-0.2, -0.15) is 0 Å². The zero-order valence-corrected chi connectivity index (χ0v) is 12.8. The van der Waals surface area contributed by atoms with Crippen LogP contribution in [0.15, 0.2) is 34.7 Å². The molecule has 0 amide bonds. The third-order valence-corrected chi connectivity index (χ3v) is 5.59. The lowest BCUT2D eigenvalue weighted by atomic mass is 9.82. The highest BCUT2D eigenvalue weighted by atomic mass is 16.3. The predicted molar refractivity (Wildman–Crippen MR) is 86.2 cm³/mol. The zero-order valence-electron chi connectivity index (χ0n) is 12.8. The summed E-state index contributed by atoms with van der Waals surface area (Å²) in [7, 11) is 0. The maximum atomic E-state index is 6.18. The minimum Gasteiger partial charge on any atom is -0.459 e. The van der Waals surface area contributed by atoms with Crippen molar-refractivity contribution in [3.63, 3.8) is 0 Å². The van der Waals surface area contributed by atoms with Crippen LogP contribution in [0.25, 0.3) is 11.0 Å². The molecule has 0 aliphatic heterocycles. The van der Waals surface area contributed by atoms with Crippen LogP contribution in [0.4, 0.5) is 0 Å². The average Bonchev–Trinajstić information content (AvgIpc) is 3.22. The van der Waals surface area contributed by atoms with Gasteiger partial charge in [0.2, 0.25) is 0 Å². The Morgan fingerprint density at radius 3 is 2.86 bits per heavy atom. The molecule has 4 atom stereocenters. The quantitative estimate of drug-likeness (QED) is 0.843. The van der Waals surface area contributed by atoms with Crippen molar-refractivity contribution < 1.29 is 4.42 Å². The van der Waals surface area contributed by atoms with Crippen LogP contribution < -0.4 is 5.32 Å². The fourth-order valence-corrected chi connectivity index (χ4v) is 4.62. The molecular weight excluding hydrogens is 258 g/mol. The lowest BCUT2D eigenvalue weighted by Crippen LogP contribution is -2.31. The van der Waals surface area contributed by atoms with Crippen LogP contribution in [0.5, 0.6) is 0 Å². The number of nitrogens with one attached hydrogen (secondary N) is 1. The zero-order chi connectivity index (χ0) is 14.2. The summed E-state index contributed by atoms with van der Waals surface area (Å²) in [6.07, 6.45) is 6.91. The number of para-hydroxylation sites is 1. The third kappa shape index (κ3) is 2.40. The second-order valence-corrected chi connectivity index (χ2v) is 6.96. The van der Waals surface area contributed by atoms with Gasteiger partial charge in [0.05, 0.1) is 6.04 Å². The van der Waals surface area contributed by atoms with Gasteiger partial charge in [0.15, 0.2) is 0 Å². The Hall–Kier alpha value is -1.28. The van der Waals surface area contributed by atoms with E-state index in [0.29, 0.717) is 6.04 Å². The summed E-state index contributed by atoms with van der Waals surface area (Å²) >= 11 is 0. The number of furan rings is 1. The fourth-order valence-electron chi connectivity index (χ4n) is 4.62. The van der Waals surface area contributed by atoms with Crippen LogP contribution in [0, 0.1) is 17.8 Å². The smallest absolute Gasteiger partial charge is 0.134 e. The van der Waals surface area contributed by atoms with E-state index in [4.69, 9.17) is 4.42 Å². The predicted octanol–water partition coefficient (Wildman–Crippen LogP) is 4.91. The van der Waals surface area contributed by atoms with Gasteiger partial charge in [0.25, 0.3) is 0 Å². The molecule has 1 N–H and O–H groups in total. The fraction of sp³-hybridized carbons (Fsp3) is 0.579. The van der Waals surface area contributed by atoms with Gasteiger partial charge >= 0.3 is 0 Å². The lowest BCUT2D eigenvalue weighted by molar-refractivity contribution is 0.229. The van der Waals surface area contributed by atoms with E-state index >= 15 is 0 Å². The summed E-state index contributed by atoms with van der Waals surface area (Å²) in [6.45, 7) is 3.32. The summed E-state index contributed by atoms with van der Waals surface area (Å²) < 4.78 is 6.18. The number of benzene rings is 1. The molecule has 1 heterocycles. The molecule has 4 rings (SSSR count). The number of rotatable bonds is 5. The Morgan fingerprint density at radius 1 is 1.24 bits per heavy atom. The number of hydrogen-bond acceptors (Lipinski definition) is 2. The van der Waals surface area contributed by atoms with E-state index in [0.717, 1.165) is 35.6 Å². The monoisotopic (exact) mass is 283 g/mol. The molecule has 2 saturated carbocycles. The SMILES string of the molecule is CCCNC(c1cc2ccccc2o1)C1CC2CCC1C2. The largest absolute Gasteiger partial charge is 0.459 e. The molecule has 2 heteroatoms. The van der Waals surface area contributed by atoms with Crippen molar-refractivity contribution in [2.75, 3.05) is 6.54 Å². The van der Waals surface area contributed by atoms with Gasteiger partial charge in [-0.25, -0.2) is 0 Å². The van der Waals surface area contributed by atoms with Gasteiger partial charge in [-0.15, -0.1) is 0 Å². The van der Waals surface area contributed by atoms with Crippen molar-refractivity contribution in [1.29, 1.82) is 0 Å². The van der Waals surface area contributed by atoms with Crippen molar-refractivity contribution >= 4 is 11.0 Å². The highest BCUT2D eigenvalue weighted by Gasteiger charge is 2.44. The van der Waals surface area contributed by atoms with Crippen LogP contribution in [0.1, 0.15) is 50.8 Å². The summed E-state index contributed by atoms with van der Waals surface area (Å²) in [5, 5.41) is 5.01. The molecule has 0 spiro atoms. The molecule has 21 heavy (non-hydrogen) atoms. The first-order valence-electron chi connectivity index (χ1n) is 8.57. The number of hydrogen-bond donors (Lipinski definition) is 1. The summed E-state index contributed by atoms with van der Waals surface area (Å²) in [5.41, 5.74) is 1.03. The Bertz CT molecular complexity index is 584. The van der Waals surface area contributed by atoms with Gasteiger partial charge in [-0.05, 0) is 62.1 Å². The highest BCUT2D eigenvalue weighted by Crippen LogP contribution is 2.52. The van der Waals surface area contributed by atoms with Crippen LogP contribution in [-0.2, 0) is 0 Å². The maximum Gasteiger partial charge on any atom is 0.134 e.